The Morgan fingerprint density at radius 1 is 1.25 bits per heavy atom. The van der Waals surface area contributed by atoms with Gasteiger partial charge in [-0.3, -0.25) is 0 Å². The molecule has 0 heterocycles. The van der Waals surface area contributed by atoms with E-state index in [4.69, 9.17) is 5.73 Å². The Morgan fingerprint density at radius 2 is 1.88 bits per heavy atom. The van der Waals surface area contributed by atoms with Gasteiger partial charge in [0.25, 0.3) is 0 Å². The van der Waals surface area contributed by atoms with E-state index in [0.29, 0.717) is 11.6 Å². The molecule has 2 N–H and O–H groups in total. The topological polar surface area (TPSA) is 29.3 Å². The molecule has 2 heteroatoms. The fraction of sp³-hybridized carbons (Fsp3) is 1.00. The molecule has 2 saturated carbocycles. The Hall–Kier alpha value is -0.0800. The molecule has 2 bridgehead atoms. The highest BCUT2D eigenvalue weighted by atomic mass is 15.2. The van der Waals surface area contributed by atoms with E-state index in [1.165, 1.54) is 32.2 Å². The zero-order chi connectivity index (χ0) is 11.9. The number of rotatable bonds is 4. The fourth-order valence-electron chi connectivity index (χ4n) is 3.56. The summed E-state index contributed by atoms with van der Waals surface area (Å²) < 4.78 is 0. The zero-order valence-corrected chi connectivity index (χ0v) is 11.4. The van der Waals surface area contributed by atoms with Crippen LogP contribution in [0.5, 0.6) is 0 Å². The van der Waals surface area contributed by atoms with Crippen molar-refractivity contribution in [2.24, 2.45) is 23.5 Å². The molecule has 2 aliphatic rings. The molecule has 2 aliphatic carbocycles. The Kier molecular flexibility index (Phi) is 3.33. The van der Waals surface area contributed by atoms with Crippen LogP contribution >= 0.6 is 0 Å². The van der Waals surface area contributed by atoms with E-state index in [9.17, 15) is 0 Å². The second kappa shape index (κ2) is 4.30. The molecule has 94 valence electrons. The van der Waals surface area contributed by atoms with Crippen LogP contribution in [-0.4, -0.2) is 30.1 Å². The van der Waals surface area contributed by atoms with E-state index in [0.717, 1.165) is 17.8 Å². The molecule has 4 unspecified atom stereocenters. The first-order chi connectivity index (χ1) is 7.45. The second-order valence-corrected chi connectivity index (χ2v) is 6.62. The number of nitrogens with two attached hydrogens (primary N) is 1. The maximum absolute atomic E-state index is 6.37. The molecule has 2 rings (SSSR count). The molecule has 0 radical (unpaired) electrons. The van der Waals surface area contributed by atoms with E-state index in [1.807, 2.05) is 0 Å². The van der Waals surface area contributed by atoms with E-state index >= 15 is 0 Å². The predicted molar refractivity (Wildman–Crippen MR) is 69.3 cm³/mol. The summed E-state index contributed by atoms with van der Waals surface area (Å²) in [5, 5.41) is 0. The first kappa shape index (κ1) is 12.4. The van der Waals surface area contributed by atoms with Crippen LogP contribution in [0.25, 0.3) is 0 Å². The quantitative estimate of drug-likeness (QED) is 0.795. The van der Waals surface area contributed by atoms with Gasteiger partial charge in [0, 0.05) is 18.1 Å². The van der Waals surface area contributed by atoms with Crippen LogP contribution in [0, 0.1) is 17.8 Å². The van der Waals surface area contributed by atoms with Crippen LogP contribution in [0.1, 0.15) is 46.5 Å². The maximum Gasteiger partial charge on any atom is 0.0147 e. The van der Waals surface area contributed by atoms with E-state index in [2.05, 4.69) is 32.7 Å². The summed E-state index contributed by atoms with van der Waals surface area (Å²) in [6, 6.07) is 0.480. The predicted octanol–water partition coefficient (Wildman–Crippen LogP) is 2.48. The Morgan fingerprint density at radius 3 is 2.38 bits per heavy atom. The van der Waals surface area contributed by atoms with Gasteiger partial charge in [-0.15, -0.1) is 0 Å². The third-order valence-electron chi connectivity index (χ3n) is 5.54. The number of nitrogens with zero attached hydrogens (tertiary/aromatic N) is 1. The monoisotopic (exact) mass is 224 g/mol. The van der Waals surface area contributed by atoms with Gasteiger partial charge in [-0.2, -0.15) is 0 Å². The normalized spacial score (nSPS) is 38.6. The first-order valence-corrected chi connectivity index (χ1v) is 6.92. The van der Waals surface area contributed by atoms with Crippen molar-refractivity contribution < 1.29 is 0 Å². The van der Waals surface area contributed by atoms with E-state index in [1.54, 1.807) is 0 Å². The summed E-state index contributed by atoms with van der Waals surface area (Å²) >= 11 is 0. The molecule has 2 nitrogen and oxygen atoms in total. The van der Waals surface area contributed by atoms with Gasteiger partial charge < -0.3 is 10.6 Å². The minimum absolute atomic E-state index is 0.321. The van der Waals surface area contributed by atoms with Crippen LogP contribution in [0.15, 0.2) is 0 Å². The summed E-state index contributed by atoms with van der Waals surface area (Å²) in [4.78, 5) is 2.53. The third kappa shape index (κ3) is 2.02. The Labute approximate surface area is 101 Å². The Balaban J connectivity index is 1.95. The van der Waals surface area contributed by atoms with Gasteiger partial charge in [-0.25, -0.2) is 0 Å². The molecule has 2 fully saturated rings. The SMILES string of the molecule is CCC(C)(C)N(C)CC1C2CCC(C2)C1N. The highest BCUT2D eigenvalue weighted by molar-refractivity contribution is 5.00. The lowest BCUT2D eigenvalue weighted by molar-refractivity contribution is 0.103. The summed E-state index contributed by atoms with van der Waals surface area (Å²) in [5.41, 5.74) is 6.69. The van der Waals surface area contributed by atoms with Crippen molar-refractivity contribution in [2.45, 2.75) is 58.0 Å². The average Bonchev–Trinajstić information content (AvgIpc) is 2.82. The molecule has 4 atom stereocenters. The zero-order valence-electron chi connectivity index (χ0n) is 11.4. The van der Waals surface area contributed by atoms with Crippen LogP contribution in [-0.2, 0) is 0 Å². The summed E-state index contributed by atoms with van der Waals surface area (Å²) in [6.07, 6.45) is 5.44. The molecule has 0 aromatic carbocycles. The molecule has 0 aromatic rings. The van der Waals surface area contributed by atoms with Crippen molar-refractivity contribution in [3.05, 3.63) is 0 Å². The van der Waals surface area contributed by atoms with Crippen molar-refractivity contribution in [1.29, 1.82) is 0 Å². The van der Waals surface area contributed by atoms with Crippen molar-refractivity contribution in [3.63, 3.8) is 0 Å². The summed E-state index contributed by atoms with van der Waals surface area (Å²) in [6.45, 7) is 8.15. The van der Waals surface area contributed by atoms with Crippen LogP contribution in [0.4, 0.5) is 0 Å². The van der Waals surface area contributed by atoms with Crippen LogP contribution in [0.3, 0.4) is 0 Å². The summed E-state index contributed by atoms with van der Waals surface area (Å²) in [7, 11) is 2.27. The van der Waals surface area contributed by atoms with Crippen molar-refractivity contribution in [1.82, 2.24) is 4.90 Å². The van der Waals surface area contributed by atoms with Gasteiger partial charge in [0.15, 0.2) is 0 Å². The molecular formula is C14H28N2. The average molecular weight is 224 g/mol. The molecule has 16 heavy (non-hydrogen) atoms. The number of hydrogen-bond donors (Lipinski definition) is 1. The fourth-order valence-corrected chi connectivity index (χ4v) is 3.56. The Bertz CT molecular complexity index is 247. The molecule has 0 saturated heterocycles. The highest BCUT2D eigenvalue weighted by Gasteiger charge is 2.46. The smallest absolute Gasteiger partial charge is 0.0147 e. The lowest BCUT2D eigenvalue weighted by Gasteiger charge is -2.39. The summed E-state index contributed by atoms with van der Waals surface area (Å²) in [5.74, 6) is 2.53. The third-order valence-corrected chi connectivity index (χ3v) is 5.54. The minimum Gasteiger partial charge on any atom is -0.327 e. The molecule has 0 aliphatic heterocycles. The molecule has 0 spiro atoms. The lowest BCUT2D eigenvalue weighted by Crippen LogP contribution is -2.48. The second-order valence-electron chi connectivity index (χ2n) is 6.62. The lowest BCUT2D eigenvalue weighted by atomic mass is 9.83. The van der Waals surface area contributed by atoms with Gasteiger partial charge in [0.1, 0.15) is 0 Å². The maximum atomic E-state index is 6.37. The van der Waals surface area contributed by atoms with Crippen LogP contribution < -0.4 is 5.73 Å². The van der Waals surface area contributed by atoms with Gasteiger partial charge in [-0.1, -0.05) is 6.92 Å². The van der Waals surface area contributed by atoms with Gasteiger partial charge in [0.2, 0.25) is 0 Å². The van der Waals surface area contributed by atoms with Gasteiger partial charge in [0.05, 0.1) is 0 Å². The van der Waals surface area contributed by atoms with Crippen molar-refractivity contribution in [2.75, 3.05) is 13.6 Å². The first-order valence-electron chi connectivity index (χ1n) is 6.92. The standard InChI is InChI=1S/C14H28N2/c1-5-14(2,3)16(4)9-12-10-6-7-11(8-10)13(12)15/h10-13H,5-9,15H2,1-4H3. The van der Waals surface area contributed by atoms with Crippen molar-refractivity contribution in [3.8, 4) is 0 Å². The molecule has 0 aromatic heterocycles. The van der Waals surface area contributed by atoms with E-state index in [-0.39, 0.29) is 0 Å². The van der Waals surface area contributed by atoms with Crippen molar-refractivity contribution >= 4 is 0 Å². The van der Waals surface area contributed by atoms with Gasteiger partial charge in [-0.05, 0) is 64.3 Å². The van der Waals surface area contributed by atoms with Crippen LogP contribution in [0.2, 0.25) is 0 Å². The highest BCUT2D eigenvalue weighted by Crippen LogP contribution is 2.48. The number of hydrogen-bond acceptors (Lipinski definition) is 2. The number of fused-ring (bicyclic) bond motifs is 2. The molecule has 0 amide bonds. The minimum atomic E-state index is 0.321. The largest absolute Gasteiger partial charge is 0.327 e. The van der Waals surface area contributed by atoms with E-state index < -0.39 is 0 Å². The van der Waals surface area contributed by atoms with Gasteiger partial charge >= 0.3 is 0 Å². The molecular weight excluding hydrogens is 196 g/mol.